The van der Waals surface area contributed by atoms with Crippen LogP contribution in [0.5, 0.6) is 0 Å². The van der Waals surface area contributed by atoms with Crippen molar-refractivity contribution < 1.29 is 10.2 Å². The van der Waals surface area contributed by atoms with Gasteiger partial charge in [-0.2, -0.15) is 0 Å². The Balaban J connectivity index is 2.28. The molecule has 0 saturated heterocycles. The van der Waals surface area contributed by atoms with Crippen LogP contribution >= 0.6 is 0 Å². The summed E-state index contributed by atoms with van der Waals surface area (Å²) in [5, 5.41) is 18.1. The summed E-state index contributed by atoms with van der Waals surface area (Å²) >= 11 is 0. The van der Waals surface area contributed by atoms with Crippen LogP contribution in [0.2, 0.25) is 0 Å². The number of aromatic amines is 1. The molecule has 15 heavy (non-hydrogen) atoms. The van der Waals surface area contributed by atoms with E-state index >= 15 is 0 Å². The van der Waals surface area contributed by atoms with Crippen LogP contribution in [0.4, 0.5) is 0 Å². The maximum atomic E-state index is 9.35. The number of aliphatic hydroxyl groups is 2. The van der Waals surface area contributed by atoms with Crippen LogP contribution in [-0.2, 0) is 0 Å². The Morgan fingerprint density at radius 1 is 1.27 bits per heavy atom. The van der Waals surface area contributed by atoms with Crippen LogP contribution < -0.4 is 0 Å². The number of imidazole rings is 1. The van der Waals surface area contributed by atoms with Crippen molar-refractivity contribution in [1.82, 2.24) is 9.97 Å². The summed E-state index contributed by atoms with van der Waals surface area (Å²) in [6.07, 6.45) is 0.700. The van der Waals surface area contributed by atoms with Gasteiger partial charge >= 0.3 is 0 Å². The Bertz CT molecular complexity index is 425. The standard InChI is InChI=1S/C11H12N2O2/c14-7-10(15)11-12-6-9(13-11)8-4-2-1-3-5-8/h1-6,10,14-15H,7H2,(H,12,13). The fourth-order valence-corrected chi connectivity index (χ4v) is 1.36. The van der Waals surface area contributed by atoms with Crippen molar-refractivity contribution in [2.24, 2.45) is 0 Å². The minimum atomic E-state index is -0.942. The molecule has 78 valence electrons. The Labute approximate surface area is 87.2 Å². The first-order valence-corrected chi connectivity index (χ1v) is 4.70. The molecule has 1 unspecified atom stereocenters. The van der Waals surface area contributed by atoms with Crippen molar-refractivity contribution in [3.63, 3.8) is 0 Å². The first kappa shape index (κ1) is 9.89. The minimum Gasteiger partial charge on any atom is -0.393 e. The van der Waals surface area contributed by atoms with Crippen LogP contribution in [0.15, 0.2) is 36.5 Å². The molecular weight excluding hydrogens is 192 g/mol. The quantitative estimate of drug-likeness (QED) is 0.701. The van der Waals surface area contributed by atoms with Crippen molar-refractivity contribution in [1.29, 1.82) is 0 Å². The molecule has 0 aliphatic carbocycles. The van der Waals surface area contributed by atoms with Gasteiger partial charge in [0.25, 0.3) is 0 Å². The average molecular weight is 204 g/mol. The van der Waals surface area contributed by atoms with Crippen LogP contribution in [0.25, 0.3) is 11.3 Å². The molecule has 0 bridgehead atoms. The van der Waals surface area contributed by atoms with Gasteiger partial charge in [0.1, 0.15) is 11.9 Å². The highest BCUT2D eigenvalue weighted by Crippen LogP contribution is 2.18. The van der Waals surface area contributed by atoms with Crippen molar-refractivity contribution in [2.45, 2.75) is 6.10 Å². The number of aromatic nitrogens is 2. The van der Waals surface area contributed by atoms with Gasteiger partial charge in [-0.05, 0) is 5.56 Å². The lowest BCUT2D eigenvalue weighted by Gasteiger charge is -2.01. The molecule has 0 saturated carbocycles. The number of hydrogen-bond acceptors (Lipinski definition) is 3. The largest absolute Gasteiger partial charge is 0.393 e. The second kappa shape index (κ2) is 4.25. The molecular formula is C11H12N2O2. The Morgan fingerprint density at radius 3 is 2.67 bits per heavy atom. The van der Waals surface area contributed by atoms with Gasteiger partial charge in [-0.1, -0.05) is 30.3 Å². The smallest absolute Gasteiger partial charge is 0.137 e. The lowest BCUT2D eigenvalue weighted by atomic mass is 10.2. The monoisotopic (exact) mass is 204 g/mol. The number of nitrogens with zero attached hydrogens (tertiary/aromatic N) is 1. The molecule has 2 aromatic rings. The van der Waals surface area contributed by atoms with Gasteiger partial charge in [0.15, 0.2) is 0 Å². The topological polar surface area (TPSA) is 69.1 Å². The van der Waals surface area contributed by atoms with E-state index in [4.69, 9.17) is 5.11 Å². The molecule has 0 fully saturated rings. The van der Waals surface area contributed by atoms with E-state index in [1.165, 1.54) is 0 Å². The third-order valence-electron chi connectivity index (χ3n) is 2.17. The third kappa shape index (κ3) is 2.06. The lowest BCUT2D eigenvalue weighted by Crippen LogP contribution is -2.04. The number of hydrogen-bond donors (Lipinski definition) is 3. The summed E-state index contributed by atoms with van der Waals surface area (Å²) in [4.78, 5) is 6.96. The molecule has 4 heteroatoms. The van der Waals surface area contributed by atoms with Gasteiger partial charge in [0.2, 0.25) is 0 Å². The predicted octanol–water partition coefficient (Wildman–Crippen LogP) is 1.10. The van der Waals surface area contributed by atoms with E-state index in [1.807, 2.05) is 30.3 Å². The Morgan fingerprint density at radius 2 is 2.00 bits per heavy atom. The zero-order valence-electron chi connectivity index (χ0n) is 8.09. The van der Waals surface area contributed by atoms with Gasteiger partial charge in [-0.3, -0.25) is 0 Å². The van der Waals surface area contributed by atoms with Gasteiger partial charge < -0.3 is 15.2 Å². The fraction of sp³-hybridized carbons (Fsp3) is 0.182. The number of benzene rings is 1. The average Bonchev–Trinajstić information content (AvgIpc) is 2.78. The first-order valence-electron chi connectivity index (χ1n) is 4.70. The molecule has 0 spiro atoms. The Kier molecular flexibility index (Phi) is 2.80. The van der Waals surface area contributed by atoms with E-state index in [-0.39, 0.29) is 6.61 Å². The first-order chi connectivity index (χ1) is 7.31. The van der Waals surface area contributed by atoms with Crippen molar-refractivity contribution in [2.75, 3.05) is 6.61 Å². The lowest BCUT2D eigenvalue weighted by molar-refractivity contribution is 0.0893. The predicted molar refractivity (Wildman–Crippen MR) is 56.1 cm³/mol. The van der Waals surface area contributed by atoms with Crippen molar-refractivity contribution in [3.8, 4) is 11.3 Å². The SMILES string of the molecule is OCC(O)c1ncc(-c2ccccc2)[nH]1. The molecule has 1 aromatic carbocycles. The fourth-order valence-electron chi connectivity index (χ4n) is 1.36. The zero-order chi connectivity index (χ0) is 10.7. The summed E-state index contributed by atoms with van der Waals surface area (Å²) in [7, 11) is 0. The second-order valence-corrected chi connectivity index (χ2v) is 3.25. The van der Waals surface area contributed by atoms with Crippen molar-refractivity contribution >= 4 is 0 Å². The van der Waals surface area contributed by atoms with E-state index in [0.29, 0.717) is 5.82 Å². The van der Waals surface area contributed by atoms with Crippen LogP contribution in [-0.4, -0.2) is 26.8 Å². The Hall–Kier alpha value is -1.65. The normalized spacial score (nSPS) is 12.7. The molecule has 0 aliphatic rings. The summed E-state index contributed by atoms with van der Waals surface area (Å²) in [5.41, 5.74) is 1.83. The van der Waals surface area contributed by atoms with Gasteiger partial charge in [-0.15, -0.1) is 0 Å². The van der Waals surface area contributed by atoms with Gasteiger partial charge in [-0.25, -0.2) is 4.98 Å². The molecule has 1 atom stereocenters. The molecule has 0 radical (unpaired) electrons. The van der Waals surface area contributed by atoms with Gasteiger partial charge in [0.05, 0.1) is 18.5 Å². The van der Waals surface area contributed by atoms with E-state index in [0.717, 1.165) is 11.3 Å². The highest BCUT2D eigenvalue weighted by molar-refractivity contribution is 5.58. The summed E-state index contributed by atoms with van der Waals surface area (Å²) in [6.45, 7) is -0.332. The molecule has 4 nitrogen and oxygen atoms in total. The molecule has 0 aliphatic heterocycles. The van der Waals surface area contributed by atoms with E-state index in [1.54, 1.807) is 6.20 Å². The van der Waals surface area contributed by atoms with Crippen LogP contribution in [0.3, 0.4) is 0 Å². The van der Waals surface area contributed by atoms with E-state index in [9.17, 15) is 5.11 Å². The molecule has 0 amide bonds. The molecule has 1 aromatic heterocycles. The number of H-pyrrole nitrogens is 1. The maximum absolute atomic E-state index is 9.35. The molecule has 2 rings (SSSR count). The van der Waals surface area contributed by atoms with Gasteiger partial charge in [0, 0.05) is 0 Å². The van der Waals surface area contributed by atoms with E-state index < -0.39 is 6.10 Å². The minimum absolute atomic E-state index is 0.332. The highest BCUT2D eigenvalue weighted by Gasteiger charge is 2.10. The van der Waals surface area contributed by atoms with Crippen LogP contribution in [0.1, 0.15) is 11.9 Å². The third-order valence-corrected chi connectivity index (χ3v) is 2.17. The van der Waals surface area contributed by atoms with E-state index in [2.05, 4.69) is 9.97 Å². The summed E-state index contributed by atoms with van der Waals surface area (Å²) in [6, 6.07) is 9.69. The summed E-state index contributed by atoms with van der Waals surface area (Å²) < 4.78 is 0. The maximum Gasteiger partial charge on any atom is 0.137 e. The summed E-state index contributed by atoms with van der Waals surface area (Å²) in [5.74, 6) is 0.386. The zero-order valence-corrected chi connectivity index (χ0v) is 8.09. The van der Waals surface area contributed by atoms with Crippen LogP contribution in [0, 0.1) is 0 Å². The number of aliphatic hydroxyl groups excluding tert-OH is 2. The molecule has 3 N–H and O–H groups in total. The number of rotatable bonds is 3. The number of nitrogens with one attached hydrogen (secondary N) is 1. The van der Waals surface area contributed by atoms with Crippen molar-refractivity contribution in [3.05, 3.63) is 42.4 Å². The molecule has 1 heterocycles. The highest BCUT2D eigenvalue weighted by atomic mass is 16.3. The second-order valence-electron chi connectivity index (χ2n) is 3.25.